The van der Waals surface area contributed by atoms with Gasteiger partial charge in [0, 0.05) is 19.1 Å². The van der Waals surface area contributed by atoms with Gasteiger partial charge in [-0.05, 0) is 43.4 Å². The predicted octanol–water partition coefficient (Wildman–Crippen LogP) is 2.43. The molecule has 0 bridgehead atoms. The van der Waals surface area contributed by atoms with Gasteiger partial charge in [-0.3, -0.25) is 9.69 Å². The van der Waals surface area contributed by atoms with E-state index in [1.807, 2.05) is 0 Å². The Morgan fingerprint density at radius 3 is 2.33 bits per heavy atom. The largest absolute Gasteiger partial charge is 0.379 e. The molecule has 0 aromatic rings. The minimum absolute atomic E-state index is 0.191. The number of nitrogens with zero attached hydrogens (tertiary/aromatic N) is 1. The maximum absolute atomic E-state index is 12.1. The first-order valence-corrected chi connectivity index (χ1v) is 8.52. The molecule has 0 atom stereocenters. The van der Waals surface area contributed by atoms with Gasteiger partial charge >= 0.3 is 0 Å². The van der Waals surface area contributed by atoms with E-state index >= 15 is 0 Å². The summed E-state index contributed by atoms with van der Waals surface area (Å²) in [5, 5.41) is 3.23. The number of hydrogen-bond donors (Lipinski definition) is 1. The lowest BCUT2D eigenvalue weighted by molar-refractivity contribution is -0.124. The van der Waals surface area contributed by atoms with Crippen LogP contribution in [0.4, 0.5) is 0 Å². The summed E-state index contributed by atoms with van der Waals surface area (Å²) in [6.07, 6.45) is 6.13. The molecule has 1 saturated carbocycles. The van der Waals surface area contributed by atoms with Gasteiger partial charge in [-0.15, -0.1) is 0 Å². The highest BCUT2D eigenvalue weighted by molar-refractivity contribution is 5.78. The molecule has 1 saturated heterocycles. The van der Waals surface area contributed by atoms with Gasteiger partial charge in [-0.2, -0.15) is 0 Å². The zero-order valence-electron chi connectivity index (χ0n) is 14.0. The molecule has 1 aliphatic carbocycles. The van der Waals surface area contributed by atoms with Gasteiger partial charge in [0.15, 0.2) is 0 Å². The maximum Gasteiger partial charge on any atom is 0.234 e. The number of carbonyl (C=O) groups is 1. The lowest BCUT2D eigenvalue weighted by atomic mass is 9.76. The summed E-state index contributed by atoms with van der Waals surface area (Å²) >= 11 is 0. The van der Waals surface area contributed by atoms with Gasteiger partial charge in [0.05, 0.1) is 19.8 Å². The van der Waals surface area contributed by atoms with E-state index in [1.165, 1.54) is 19.3 Å². The molecule has 0 radical (unpaired) electrons. The topological polar surface area (TPSA) is 41.6 Å². The Bertz CT molecular complexity index is 324. The first kappa shape index (κ1) is 16.8. The monoisotopic (exact) mass is 296 g/mol. The number of amides is 1. The molecule has 4 nitrogen and oxygen atoms in total. The summed E-state index contributed by atoms with van der Waals surface area (Å²) in [6, 6.07) is 0.398. The Morgan fingerprint density at radius 2 is 1.76 bits per heavy atom. The summed E-state index contributed by atoms with van der Waals surface area (Å²) in [6.45, 7) is 10.8. The Hall–Kier alpha value is -0.610. The quantitative estimate of drug-likeness (QED) is 0.866. The molecule has 0 aromatic heterocycles. The van der Waals surface area contributed by atoms with Crippen molar-refractivity contribution in [2.75, 3.05) is 32.8 Å². The highest BCUT2D eigenvalue weighted by Crippen LogP contribution is 2.34. The molecular weight excluding hydrogens is 264 g/mol. The van der Waals surface area contributed by atoms with Crippen LogP contribution in [0.3, 0.4) is 0 Å². The third-order valence-electron chi connectivity index (χ3n) is 4.58. The van der Waals surface area contributed by atoms with Crippen LogP contribution in [-0.4, -0.2) is 49.7 Å². The highest BCUT2D eigenvalue weighted by Gasteiger charge is 2.26. The Morgan fingerprint density at radius 1 is 1.14 bits per heavy atom. The smallest absolute Gasteiger partial charge is 0.234 e. The lowest BCUT2D eigenvalue weighted by Crippen LogP contribution is -2.46. The average Bonchev–Trinajstić information content (AvgIpc) is 2.40. The van der Waals surface area contributed by atoms with E-state index in [-0.39, 0.29) is 5.91 Å². The maximum atomic E-state index is 12.1. The molecule has 2 fully saturated rings. The van der Waals surface area contributed by atoms with Crippen molar-refractivity contribution in [3.8, 4) is 0 Å². The van der Waals surface area contributed by atoms with Gasteiger partial charge in [0.2, 0.25) is 5.91 Å². The Balaban J connectivity index is 1.64. The molecule has 2 rings (SSSR count). The molecule has 0 aromatic carbocycles. The van der Waals surface area contributed by atoms with Crippen molar-refractivity contribution < 1.29 is 9.53 Å². The fraction of sp³-hybridized carbons (Fsp3) is 0.941. The summed E-state index contributed by atoms with van der Waals surface area (Å²) in [5.74, 6) is 1.04. The second-order valence-corrected chi connectivity index (χ2v) is 7.94. The van der Waals surface area contributed by atoms with Crippen LogP contribution in [-0.2, 0) is 9.53 Å². The zero-order chi connectivity index (χ0) is 15.3. The van der Waals surface area contributed by atoms with Crippen molar-refractivity contribution in [1.29, 1.82) is 0 Å². The minimum Gasteiger partial charge on any atom is -0.379 e. The van der Waals surface area contributed by atoms with E-state index in [9.17, 15) is 4.79 Å². The summed E-state index contributed by atoms with van der Waals surface area (Å²) in [5.41, 5.74) is 0.428. The molecule has 122 valence electrons. The van der Waals surface area contributed by atoms with E-state index in [4.69, 9.17) is 4.74 Å². The lowest BCUT2D eigenvalue weighted by Gasteiger charge is -2.33. The van der Waals surface area contributed by atoms with Crippen LogP contribution < -0.4 is 5.32 Å². The van der Waals surface area contributed by atoms with Crippen LogP contribution in [0.1, 0.15) is 52.9 Å². The van der Waals surface area contributed by atoms with Crippen molar-refractivity contribution in [3.05, 3.63) is 0 Å². The molecular formula is C17H32N2O2. The summed E-state index contributed by atoms with van der Waals surface area (Å²) in [4.78, 5) is 14.3. The third-order valence-corrected chi connectivity index (χ3v) is 4.58. The van der Waals surface area contributed by atoms with Crippen LogP contribution in [0, 0.1) is 11.3 Å². The van der Waals surface area contributed by atoms with Gasteiger partial charge < -0.3 is 10.1 Å². The van der Waals surface area contributed by atoms with Crippen LogP contribution in [0.25, 0.3) is 0 Å². The fourth-order valence-corrected chi connectivity index (χ4v) is 3.61. The number of nitrogens with one attached hydrogen (secondary N) is 1. The molecule has 1 amide bonds. The normalized spacial score (nSPS) is 28.3. The molecule has 0 spiro atoms. The first-order valence-electron chi connectivity index (χ1n) is 8.52. The Labute approximate surface area is 129 Å². The van der Waals surface area contributed by atoms with Gasteiger partial charge in [-0.25, -0.2) is 0 Å². The highest BCUT2D eigenvalue weighted by atomic mass is 16.5. The molecule has 4 heteroatoms. The number of morpholine rings is 1. The van der Waals surface area contributed by atoms with Crippen LogP contribution in [0.2, 0.25) is 0 Å². The molecule has 21 heavy (non-hydrogen) atoms. The Kier molecular flexibility index (Phi) is 6.06. The van der Waals surface area contributed by atoms with E-state index in [0.29, 0.717) is 18.0 Å². The second kappa shape index (κ2) is 7.59. The third kappa shape index (κ3) is 6.35. The standard InChI is InChI=1S/C17H32N2O2/c1-17(2,3)12-14-4-6-15(7-5-14)18-16(20)13-19-8-10-21-11-9-19/h14-15H,4-13H2,1-3H3,(H,18,20). The number of hydrogen-bond acceptors (Lipinski definition) is 3. The van der Waals surface area contributed by atoms with Crippen molar-refractivity contribution in [2.45, 2.75) is 58.9 Å². The number of ether oxygens (including phenoxy) is 1. The van der Waals surface area contributed by atoms with Crippen molar-refractivity contribution in [3.63, 3.8) is 0 Å². The summed E-state index contributed by atoms with van der Waals surface area (Å²) in [7, 11) is 0. The van der Waals surface area contributed by atoms with Crippen LogP contribution in [0.15, 0.2) is 0 Å². The molecule has 1 N–H and O–H groups in total. The van der Waals surface area contributed by atoms with E-state index in [0.717, 1.165) is 45.1 Å². The summed E-state index contributed by atoms with van der Waals surface area (Å²) < 4.78 is 5.31. The molecule has 1 aliphatic heterocycles. The molecule has 1 heterocycles. The van der Waals surface area contributed by atoms with E-state index < -0.39 is 0 Å². The van der Waals surface area contributed by atoms with E-state index in [1.54, 1.807) is 0 Å². The molecule has 2 aliphatic rings. The predicted molar refractivity (Wildman–Crippen MR) is 85.2 cm³/mol. The SMILES string of the molecule is CC(C)(C)CC1CCC(NC(=O)CN2CCOCC2)CC1. The zero-order valence-corrected chi connectivity index (χ0v) is 14.0. The van der Waals surface area contributed by atoms with Crippen LogP contribution in [0.5, 0.6) is 0 Å². The van der Waals surface area contributed by atoms with Crippen molar-refractivity contribution >= 4 is 5.91 Å². The van der Waals surface area contributed by atoms with Crippen molar-refractivity contribution in [2.24, 2.45) is 11.3 Å². The number of carbonyl (C=O) groups excluding carboxylic acids is 1. The minimum atomic E-state index is 0.191. The van der Waals surface area contributed by atoms with Gasteiger partial charge in [0.1, 0.15) is 0 Å². The van der Waals surface area contributed by atoms with Crippen LogP contribution >= 0.6 is 0 Å². The van der Waals surface area contributed by atoms with E-state index in [2.05, 4.69) is 31.0 Å². The van der Waals surface area contributed by atoms with Gasteiger partial charge in [-0.1, -0.05) is 20.8 Å². The van der Waals surface area contributed by atoms with Crippen molar-refractivity contribution in [1.82, 2.24) is 10.2 Å². The van der Waals surface area contributed by atoms with Gasteiger partial charge in [0.25, 0.3) is 0 Å². The molecule has 0 unspecified atom stereocenters. The fourth-order valence-electron chi connectivity index (χ4n) is 3.61. The number of rotatable bonds is 4. The second-order valence-electron chi connectivity index (χ2n) is 7.94. The first-order chi connectivity index (χ1) is 9.92. The average molecular weight is 296 g/mol.